The lowest BCUT2D eigenvalue weighted by molar-refractivity contribution is 0.0143. The molecule has 0 saturated carbocycles. The molecule has 4 saturated heterocycles. The summed E-state index contributed by atoms with van der Waals surface area (Å²) in [4.78, 5) is 51.0. The van der Waals surface area contributed by atoms with Crippen molar-refractivity contribution in [1.29, 1.82) is 0 Å². The van der Waals surface area contributed by atoms with Crippen molar-refractivity contribution in [3.8, 4) is 0 Å². The van der Waals surface area contributed by atoms with Crippen molar-refractivity contribution < 1.29 is 14.0 Å². The predicted molar refractivity (Wildman–Crippen MR) is 226 cm³/mol. The van der Waals surface area contributed by atoms with Gasteiger partial charge in [-0.25, -0.2) is 14.4 Å². The van der Waals surface area contributed by atoms with Crippen molar-refractivity contribution in [1.82, 2.24) is 50.0 Å². The Morgan fingerprint density at radius 2 is 1.33 bits per heavy atom. The number of halogens is 3. The molecule has 6 rings (SSSR count). The highest BCUT2D eigenvalue weighted by Crippen LogP contribution is 2.31. The Bertz CT molecular complexity index is 1650. The second-order valence-corrected chi connectivity index (χ2v) is 18.1. The Hall–Kier alpha value is -2.49. The molecule has 2 unspecified atom stereocenters. The van der Waals surface area contributed by atoms with E-state index in [-0.39, 0.29) is 33.8 Å². The highest BCUT2D eigenvalue weighted by molar-refractivity contribution is 6.33. The maximum atomic E-state index is 13.8. The number of hydrogen-bond donors (Lipinski definition) is 2. The zero-order chi connectivity index (χ0) is 40.7. The van der Waals surface area contributed by atoms with Gasteiger partial charge in [-0.2, -0.15) is 0 Å². The lowest BCUT2D eigenvalue weighted by Crippen LogP contribution is -2.65. The van der Waals surface area contributed by atoms with E-state index in [1.54, 1.807) is 18.3 Å². The molecular weight excluding hydrogens is 766 g/mol. The molecular formula is C42H65Cl2FN10O2. The summed E-state index contributed by atoms with van der Waals surface area (Å²) in [6.45, 7) is 25.4. The van der Waals surface area contributed by atoms with Gasteiger partial charge in [-0.05, 0) is 84.2 Å². The third-order valence-corrected chi connectivity index (χ3v) is 13.9. The number of carbonyl (C=O) groups is 2. The van der Waals surface area contributed by atoms with Gasteiger partial charge in [-0.15, -0.1) is 0 Å². The van der Waals surface area contributed by atoms with E-state index in [9.17, 15) is 14.0 Å². The van der Waals surface area contributed by atoms with Crippen molar-refractivity contribution in [3.63, 3.8) is 0 Å². The molecule has 2 aromatic heterocycles. The van der Waals surface area contributed by atoms with Gasteiger partial charge in [-0.1, -0.05) is 37.0 Å². The van der Waals surface area contributed by atoms with Crippen LogP contribution in [-0.2, 0) is 0 Å². The van der Waals surface area contributed by atoms with Crippen LogP contribution in [0.2, 0.25) is 10.0 Å². The topological polar surface area (TPSA) is 103 Å². The molecule has 0 radical (unpaired) electrons. The van der Waals surface area contributed by atoms with E-state index in [1.165, 1.54) is 0 Å². The molecule has 0 aromatic carbocycles. The van der Waals surface area contributed by atoms with Crippen LogP contribution in [0.15, 0.2) is 30.6 Å². The minimum absolute atomic E-state index is 0.0256. The standard InChI is InChI=1S/C42H65Cl2FN10O2/c1-6-50-19-21-51(22-20-50)29-41(48-39(56)37-35(43)9-8-14-46-37)12-17-55(18-13-41)32(5)25-34-28-52(23-24-53(34)7-2)30-42(10-15-54(16-11-42)31(3)4)49-40(57)38-36(44)26-33(45)27-47-38/h8-9,14,26-27,31-32,34H,6-7,10-13,15-25,28-30H2,1-5H3,(H,48,56)(H,49,57). The Morgan fingerprint density at radius 1 is 0.772 bits per heavy atom. The van der Waals surface area contributed by atoms with Crippen LogP contribution in [0, 0.1) is 5.82 Å². The molecule has 57 heavy (non-hydrogen) atoms. The smallest absolute Gasteiger partial charge is 0.271 e. The molecule has 2 atom stereocenters. The summed E-state index contributed by atoms with van der Waals surface area (Å²) in [5.74, 6) is -1.11. The first-order chi connectivity index (χ1) is 27.3. The first-order valence-electron chi connectivity index (χ1n) is 21.3. The van der Waals surface area contributed by atoms with Crippen LogP contribution in [0.25, 0.3) is 0 Å². The number of nitrogens with one attached hydrogen (secondary N) is 2. The normalized spacial score (nSPS) is 23.7. The third kappa shape index (κ3) is 11.2. The first-order valence-corrected chi connectivity index (χ1v) is 22.0. The summed E-state index contributed by atoms with van der Waals surface area (Å²) in [5, 5.41) is 7.23. The summed E-state index contributed by atoms with van der Waals surface area (Å²) in [6, 6.07) is 5.78. The van der Waals surface area contributed by atoms with Crippen LogP contribution in [0.5, 0.6) is 0 Å². The van der Waals surface area contributed by atoms with Crippen LogP contribution in [0.3, 0.4) is 0 Å². The van der Waals surface area contributed by atoms with Crippen LogP contribution in [-0.4, -0.2) is 179 Å². The Morgan fingerprint density at radius 3 is 1.89 bits per heavy atom. The summed E-state index contributed by atoms with van der Waals surface area (Å²) >= 11 is 12.7. The fraction of sp³-hybridized carbons (Fsp3) is 0.714. The minimum Gasteiger partial charge on any atom is -0.344 e. The third-order valence-electron chi connectivity index (χ3n) is 13.3. The number of piperidine rings is 2. The molecule has 316 valence electrons. The number of piperazine rings is 2. The van der Waals surface area contributed by atoms with E-state index in [1.807, 2.05) is 0 Å². The monoisotopic (exact) mass is 830 g/mol. The van der Waals surface area contributed by atoms with Gasteiger partial charge < -0.3 is 25.3 Å². The number of amides is 2. The maximum absolute atomic E-state index is 13.8. The van der Waals surface area contributed by atoms with Crippen LogP contribution in [0.4, 0.5) is 4.39 Å². The first kappa shape index (κ1) is 44.1. The predicted octanol–water partition coefficient (Wildman–Crippen LogP) is 4.58. The summed E-state index contributed by atoms with van der Waals surface area (Å²) in [7, 11) is 0. The van der Waals surface area contributed by atoms with Gasteiger partial charge in [0.05, 0.1) is 27.3 Å². The lowest BCUT2D eigenvalue weighted by atomic mass is 9.84. The maximum Gasteiger partial charge on any atom is 0.271 e. The second-order valence-electron chi connectivity index (χ2n) is 17.3. The van der Waals surface area contributed by atoms with Crippen molar-refractivity contribution in [3.05, 3.63) is 57.8 Å². The number of aromatic nitrogens is 2. The summed E-state index contributed by atoms with van der Waals surface area (Å²) in [6.07, 6.45) is 7.06. The van der Waals surface area contributed by atoms with Crippen LogP contribution in [0.1, 0.15) is 87.7 Å². The number of likely N-dealkylation sites (tertiary alicyclic amines) is 2. The van der Waals surface area contributed by atoms with Crippen molar-refractivity contribution >= 4 is 35.0 Å². The van der Waals surface area contributed by atoms with Crippen molar-refractivity contribution in [2.45, 2.75) is 95.9 Å². The molecule has 2 N–H and O–H groups in total. The summed E-state index contributed by atoms with van der Waals surface area (Å²) < 4.78 is 13.8. The average Bonchev–Trinajstić information content (AvgIpc) is 3.18. The lowest BCUT2D eigenvalue weighted by Gasteiger charge is -2.50. The molecule has 4 fully saturated rings. The van der Waals surface area contributed by atoms with Gasteiger partial charge in [-0.3, -0.25) is 24.3 Å². The zero-order valence-electron chi connectivity index (χ0n) is 34.8. The number of likely N-dealkylation sites (N-methyl/N-ethyl adjacent to an activating group) is 2. The number of hydrogen-bond acceptors (Lipinski definition) is 10. The number of rotatable bonds is 14. The Kier molecular flexibility index (Phi) is 15.2. The van der Waals surface area contributed by atoms with Crippen LogP contribution >= 0.6 is 23.2 Å². The molecule has 15 heteroatoms. The quantitative estimate of drug-likeness (QED) is 0.282. The highest BCUT2D eigenvalue weighted by Gasteiger charge is 2.43. The van der Waals surface area contributed by atoms with Crippen molar-refractivity contribution in [2.75, 3.05) is 98.2 Å². The SMILES string of the molecule is CCN1CCN(CC2(NC(=O)c3ncccc3Cl)CCN(C(C)CC3CN(CC4(NC(=O)c5ncc(F)cc5Cl)CCN(C(C)C)CC4)CCN3CC)CC2)CC1. The van der Waals surface area contributed by atoms with E-state index in [0.717, 1.165) is 143 Å². The van der Waals surface area contributed by atoms with Crippen LogP contribution < -0.4 is 10.6 Å². The average molecular weight is 832 g/mol. The minimum atomic E-state index is -0.562. The van der Waals surface area contributed by atoms with Gasteiger partial charge in [0.15, 0.2) is 0 Å². The fourth-order valence-electron chi connectivity index (χ4n) is 9.64. The fourth-order valence-corrected chi connectivity index (χ4v) is 10.1. The largest absolute Gasteiger partial charge is 0.344 e. The van der Waals surface area contributed by atoms with Gasteiger partial charge in [0.2, 0.25) is 0 Å². The van der Waals surface area contributed by atoms with E-state index in [4.69, 9.17) is 23.2 Å². The number of pyridine rings is 2. The molecule has 0 spiro atoms. The molecule has 12 nitrogen and oxygen atoms in total. The Balaban J connectivity index is 1.11. The van der Waals surface area contributed by atoms with Gasteiger partial charge in [0, 0.05) is 109 Å². The number of carbonyl (C=O) groups excluding carboxylic acids is 2. The molecule has 4 aliphatic rings. The highest BCUT2D eigenvalue weighted by atomic mass is 35.5. The van der Waals surface area contributed by atoms with Gasteiger partial charge in [0.1, 0.15) is 17.2 Å². The van der Waals surface area contributed by atoms with E-state index < -0.39 is 11.4 Å². The number of nitrogens with zero attached hydrogens (tertiary/aromatic N) is 8. The zero-order valence-corrected chi connectivity index (χ0v) is 36.3. The molecule has 0 aliphatic carbocycles. The van der Waals surface area contributed by atoms with E-state index >= 15 is 0 Å². The van der Waals surface area contributed by atoms with Gasteiger partial charge in [0.25, 0.3) is 11.8 Å². The molecule has 0 bridgehead atoms. The summed E-state index contributed by atoms with van der Waals surface area (Å²) in [5.41, 5.74) is -0.460. The molecule has 4 aliphatic heterocycles. The molecule has 6 heterocycles. The van der Waals surface area contributed by atoms with E-state index in [2.05, 4.69) is 84.6 Å². The second kappa shape index (κ2) is 19.7. The van der Waals surface area contributed by atoms with Gasteiger partial charge >= 0.3 is 0 Å². The van der Waals surface area contributed by atoms with E-state index in [0.29, 0.717) is 23.1 Å². The Labute approximate surface area is 349 Å². The molecule has 2 aromatic rings. The van der Waals surface area contributed by atoms with Crippen molar-refractivity contribution in [2.24, 2.45) is 0 Å². The molecule has 2 amide bonds.